The molecule has 1 fully saturated rings. The fourth-order valence-electron chi connectivity index (χ4n) is 3.33. The third-order valence-electron chi connectivity index (χ3n) is 5.15. The van der Waals surface area contributed by atoms with Crippen molar-refractivity contribution in [2.45, 2.75) is 52.6 Å². The van der Waals surface area contributed by atoms with Gasteiger partial charge < -0.3 is 14.8 Å². The summed E-state index contributed by atoms with van der Waals surface area (Å²) in [6.45, 7) is 12.5. The van der Waals surface area contributed by atoms with Gasteiger partial charge in [-0.15, -0.1) is 0 Å². The van der Waals surface area contributed by atoms with Crippen LogP contribution in [0.2, 0.25) is 0 Å². The van der Waals surface area contributed by atoms with Crippen LogP contribution in [0.4, 0.5) is 5.69 Å². The van der Waals surface area contributed by atoms with Crippen LogP contribution in [0.1, 0.15) is 47.0 Å². The van der Waals surface area contributed by atoms with E-state index in [9.17, 15) is 4.79 Å². The summed E-state index contributed by atoms with van der Waals surface area (Å²) in [6.07, 6.45) is 3.25. The standard InChI is InChI=1S/C21H34N2O3/c1-5-21(4,26-6-2)20(24)22-18-9-11-19(12-10-18)25-15-14-23-13-7-8-17(3)16-23/h9-12,17H,5-8,13-16H2,1-4H3,(H,22,24)/t17-,21-/m0/s1. The van der Waals surface area contributed by atoms with E-state index in [1.165, 1.54) is 25.9 Å². The number of carbonyl (C=O) groups is 1. The van der Waals surface area contributed by atoms with Gasteiger partial charge in [-0.1, -0.05) is 13.8 Å². The Morgan fingerprint density at radius 1 is 1.31 bits per heavy atom. The van der Waals surface area contributed by atoms with Crippen molar-refractivity contribution in [1.82, 2.24) is 4.90 Å². The molecule has 2 rings (SSSR count). The van der Waals surface area contributed by atoms with Crippen LogP contribution in [0, 0.1) is 5.92 Å². The molecule has 1 saturated heterocycles. The Kier molecular flexibility index (Phi) is 7.91. The van der Waals surface area contributed by atoms with E-state index in [1.807, 2.05) is 45.0 Å². The number of hydrogen-bond donors (Lipinski definition) is 1. The van der Waals surface area contributed by atoms with Crippen LogP contribution in [0.3, 0.4) is 0 Å². The highest BCUT2D eigenvalue weighted by Crippen LogP contribution is 2.21. The van der Waals surface area contributed by atoms with E-state index in [4.69, 9.17) is 9.47 Å². The number of carbonyl (C=O) groups excluding carboxylic acids is 1. The molecule has 5 nitrogen and oxygen atoms in total. The molecule has 0 aliphatic carbocycles. The molecular weight excluding hydrogens is 328 g/mol. The first-order valence-electron chi connectivity index (χ1n) is 9.87. The van der Waals surface area contributed by atoms with E-state index in [0.29, 0.717) is 19.6 Å². The zero-order chi connectivity index (χ0) is 19.0. The van der Waals surface area contributed by atoms with Crippen molar-refractivity contribution in [2.75, 3.05) is 38.2 Å². The van der Waals surface area contributed by atoms with Crippen LogP contribution in [-0.4, -0.2) is 49.3 Å². The predicted molar refractivity (Wildman–Crippen MR) is 106 cm³/mol. The van der Waals surface area contributed by atoms with Crippen molar-refractivity contribution in [1.29, 1.82) is 0 Å². The Balaban J connectivity index is 1.79. The lowest BCUT2D eigenvalue weighted by atomic mass is 10.0. The third-order valence-corrected chi connectivity index (χ3v) is 5.15. The van der Waals surface area contributed by atoms with Gasteiger partial charge in [0.1, 0.15) is 18.0 Å². The molecule has 5 heteroatoms. The summed E-state index contributed by atoms with van der Waals surface area (Å²) in [7, 11) is 0. The SMILES string of the molecule is CCO[C@@](C)(CC)C(=O)Nc1ccc(OCCN2CCC[C@H](C)C2)cc1. The van der Waals surface area contributed by atoms with E-state index >= 15 is 0 Å². The number of anilines is 1. The molecule has 1 aromatic rings. The summed E-state index contributed by atoms with van der Waals surface area (Å²) in [5.41, 5.74) is -0.0400. The Bertz CT molecular complexity index is 561. The van der Waals surface area contributed by atoms with Crippen molar-refractivity contribution in [3.05, 3.63) is 24.3 Å². The highest BCUT2D eigenvalue weighted by atomic mass is 16.5. The number of nitrogens with one attached hydrogen (secondary N) is 1. The van der Waals surface area contributed by atoms with Gasteiger partial charge in [-0.25, -0.2) is 0 Å². The normalized spacial score (nSPS) is 20.4. The van der Waals surface area contributed by atoms with Gasteiger partial charge in [0.2, 0.25) is 0 Å². The highest BCUT2D eigenvalue weighted by molar-refractivity contribution is 5.97. The zero-order valence-corrected chi connectivity index (χ0v) is 16.7. The minimum Gasteiger partial charge on any atom is -0.492 e. The Morgan fingerprint density at radius 3 is 2.65 bits per heavy atom. The number of ether oxygens (including phenoxy) is 2. The lowest BCUT2D eigenvalue weighted by molar-refractivity contribution is -0.139. The van der Waals surface area contributed by atoms with Crippen molar-refractivity contribution in [3.8, 4) is 5.75 Å². The van der Waals surface area contributed by atoms with Gasteiger partial charge in [-0.2, -0.15) is 0 Å². The van der Waals surface area contributed by atoms with Gasteiger partial charge in [0.25, 0.3) is 5.91 Å². The molecule has 0 saturated carbocycles. The molecule has 1 aliphatic rings. The maximum atomic E-state index is 12.4. The minimum atomic E-state index is -0.796. The number of likely N-dealkylation sites (tertiary alicyclic amines) is 1. The van der Waals surface area contributed by atoms with E-state index in [0.717, 1.165) is 23.9 Å². The van der Waals surface area contributed by atoms with Gasteiger partial charge in [0.05, 0.1) is 0 Å². The first kappa shape index (κ1) is 20.7. The molecule has 0 radical (unpaired) electrons. The second-order valence-corrected chi connectivity index (χ2v) is 7.39. The summed E-state index contributed by atoms with van der Waals surface area (Å²) >= 11 is 0. The number of rotatable bonds is 9. The van der Waals surface area contributed by atoms with Crippen molar-refractivity contribution in [2.24, 2.45) is 5.92 Å². The molecule has 146 valence electrons. The maximum absolute atomic E-state index is 12.4. The molecule has 0 bridgehead atoms. The largest absolute Gasteiger partial charge is 0.492 e. The summed E-state index contributed by atoms with van der Waals surface area (Å²) in [4.78, 5) is 14.9. The number of benzene rings is 1. The zero-order valence-electron chi connectivity index (χ0n) is 16.7. The summed E-state index contributed by atoms with van der Waals surface area (Å²) in [5, 5.41) is 2.93. The molecule has 1 aliphatic heterocycles. The van der Waals surface area contributed by atoms with Gasteiger partial charge in [-0.3, -0.25) is 9.69 Å². The van der Waals surface area contributed by atoms with Gasteiger partial charge in [-0.05, 0) is 69.8 Å². The first-order chi connectivity index (χ1) is 12.5. The van der Waals surface area contributed by atoms with Gasteiger partial charge in [0, 0.05) is 25.4 Å². The fourth-order valence-corrected chi connectivity index (χ4v) is 3.33. The minimum absolute atomic E-state index is 0.116. The average molecular weight is 363 g/mol. The summed E-state index contributed by atoms with van der Waals surface area (Å²) in [5.74, 6) is 1.50. The Hall–Kier alpha value is -1.59. The van der Waals surface area contributed by atoms with Gasteiger partial charge >= 0.3 is 0 Å². The molecule has 1 N–H and O–H groups in total. The van der Waals surface area contributed by atoms with Crippen LogP contribution in [0.15, 0.2) is 24.3 Å². The predicted octanol–water partition coefficient (Wildman–Crippen LogP) is 3.94. The second-order valence-electron chi connectivity index (χ2n) is 7.39. The molecule has 2 atom stereocenters. The van der Waals surface area contributed by atoms with Gasteiger partial charge in [0.15, 0.2) is 0 Å². The van der Waals surface area contributed by atoms with E-state index in [2.05, 4.69) is 17.1 Å². The van der Waals surface area contributed by atoms with E-state index in [-0.39, 0.29) is 5.91 Å². The fraction of sp³-hybridized carbons (Fsp3) is 0.667. The molecule has 26 heavy (non-hydrogen) atoms. The highest BCUT2D eigenvalue weighted by Gasteiger charge is 2.31. The lowest BCUT2D eigenvalue weighted by Gasteiger charge is -2.30. The Labute approximate surface area is 158 Å². The third kappa shape index (κ3) is 5.99. The molecule has 0 unspecified atom stereocenters. The first-order valence-corrected chi connectivity index (χ1v) is 9.87. The quantitative estimate of drug-likeness (QED) is 0.723. The van der Waals surface area contributed by atoms with Crippen molar-refractivity contribution >= 4 is 11.6 Å². The van der Waals surface area contributed by atoms with Crippen LogP contribution in [0.25, 0.3) is 0 Å². The average Bonchev–Trinajstić information content (AvgIpc) is 2.63. The molecule has 0 aromatic heterocycles. The molecule has 1 aromatic carbocycles. The maximum Gasteiger partial charge on any atom is 0.256 e. The topological polar surface area (TPSA) is 50.8 Å². The van der Waals surface area contributed by atoms with Crippen molar-refractivity contribution in [3.63, 3.8) is 0 Å². The van der Waals surface area contributed by atoms with Crippen LogP contribution in [0.5, 0.6) is 5.75 Å². The van der Waals surface area contributed by atoms with E-state index < -0.39 is 5.60 Å². The lowest BCUT2D eigenvalue weighted by Crippen LogP contribution is -2.42. The van der Waals surface area contributed by atoms with Crippen molar-refractivity contribution < 1.29 is 14.3 Å². The summed E-state index contributed by atoms with van der Waals surface area (Å²) in [6, 6.07) is 7.55. The second kappa shape index (κ2) is 9.93. The Morgan fingerprint density at radius 2 is 2.04 bits per heavy atom. The van der Waals surface area contributed by atoms with Crippen LogP contribution < -0.4 is 10.1 Å². The molecule has 1 heterocycles. The molecular formula is C21H34N2O3. The van der Waals surface area contributed by atoms with E-state index in [1.54, 1.807) is 0 Å². The molecule has 1 amide bonds. The number of hydrogen-bond acceptors (Lipinski definition) is 4. The number of amides is 1. The number of piperidine rings is 1. The molecule has 0 spiro atoms. The van der Waals surface area contributed by atoms with Crippen LogP contribution in [-0.2, 0) is 9.53 Å². The summed E-state index contributed by atoms with van der Waals surface area (Å²) < 4.78 is 11.5. The smallest absolute Gasteiger partial charge is 0.256 e. The number of nitrogens with zero attached hydrogens (tertiary/aromatic N) is 1. The monoisotopic (exact) mass is 362 g/mol. The van der Waals surface area contributed by atoms with Crippen LogP contribution >= 0.6 is 0 Å².